The predicted molar refractivity (Wildman–Crippen MR) is 159 cm³/mol. The second kappa shape index (κ2) is 13.9. The van der Waals surface area contributed by atoms with Crippen molar-refractivity contribution in [3.63, 3.8) is 0 Å². The summed E-state index contributed by atoms with van der Waals surface area (Å²) in [6.07, 6.45) is 5.92. The third-order valence-corrected chi connectivity index (χ3v) is 6.82. The number of allylic oxidation sites excluding steroid dienone is 4. The molecule has 1 heterocycles. The van der Waals surface area contributed by atoms with Gasteiger partial charge in [-0.15, -0.1) is 0 Å². The fourth-order valence-corrected chi connectivity index (χ4v) is 4.43. The summed E-state index contributed by atoms with van der Waals surface area (Å²) in [4.78, 5) is 28.2. The fraction of sp³-hybridized carbons (Fsp3) is 0.323. The lowest BCUT2D eigenvalue weighted by Crippen LogP contribution is -2.50. The fourth-order valence-electron chi connectivity index (χ4n) is 4.43. The number of methoxy groups -OCH3 is 1. The van der Waals surface area contributed by atoms with Crippen molar-refractivity contribution in [1.29, 1.82) is 5.41 Å². The minimum Gasteiger partial charge on any atom is -0.496 e. The van der Waals surface area contributed by atoms with Crippen LogP contribution >= 0.6 is 0 Å². The van der Waals surface area contributed by atoms with E-state index < -0.39 is 5.82 Å². The Labute approximate surface area is 241 Å². The molecule has 0 fully saturated rings. The van der Waals surface area contributed by atoms with Crippen LogP contribution in [-0.4, -0.2) is 47.3 Å². The molecule has 3 rings (SSSR count). The van der Waals surface area contributed by atoms with Gasteiger partial charge in [0.05, 0.1) is 12.7 Å². The molecule has 1 aliphatic rings. The van der Waals surface area contributed by atoms with Crippen molar-refractivity contribution in [1.82, 2.24) is 20.8 Å². The van der Waals surface area contributed by atoms with Gasteiger partial charge in [-0.3, -0.25) is 25.8 Å². The van der Waals surface area contributed by atoms with Crippen LogP contribution < -0.4 is 21.4 Å². The van der Waals surface area contributed by atoms with Gasteiger partial charge in [-0.05, 0) is 100 Å². The maximum atomic E-state index is 13.4. The summed E-state index contributed by atoms with van der Waals surface area (Å²) < 4.78 is 18.9. The number of nitrogens with two attached hydrogens (primary N) is 1. The zero-order valence-electron chi connectivity index (χ0n) is 24.5. The summed E-state index contributed by atoms with van der Waals surface area (Å²) in [5.74, 6) is 5.30. The summed E-state index contributed by atoms with van der Waals surface area (Å²) in [6.45, 7) is 10.3. The third-order valence-electron chi connectivity index (χ3n) is 6.82. The van der Waals surface area contributed by atoms with Gasteiger partial charge in [-0.1, -0.05) is 17.7 Å². The second-order valence-corrected chi connectivity index (χ2v) is 10.3. The Balaban J connectivity index is 1.80. The number of nitrogens with one attached hydrogen (secondary N) is 3. The van der Waals surface area contributed by atoms with E-state index in [0.717, 1.165) is 16.7 Å². The molecular weight excluding hydrogens is 523 g/mol. The van der Waals surface area contributed by atoms with Crippen molar-refractivity contribution in [3.05, 3.63) is 99.5 Å². The average molecular weight is 563 g/mol. The van der Waals surface area contributed by atoms with Gasteiger partial charge in [0.2, 0.25) is 0 Å². The first-order valence-electron chi connectivity index (χ1n) is 13.4. The van der Waals surface area contributed by atoms with Crippen LogP contribution in [0.3, 0.4) is 0 Å². The van der Waals surface area contributed by atoms with Crippen LogP contribution in [0.5, 0.6) is 5.75 Å². The largest absolute Gasteiger partial charge is 0.496 e. The molecule has 218 valence electrons. The molecule has 0 radical (unpaired) electrons. The topological polar surface area (TPSA) is 124 Å². The van der Waals surface area contributed by atoms with Gasteiger partial charge < -0.3 is 15.0 Å². The van der Waals surface area contributed by atoms with Crippen molar-refractivity contribution in [2.45, 2.75) is 53.6 Å². The van der Waals surface area contributed by atoms with Crippen LogP contribution in [0.1, 0.15) is 66.5 Å². The highest BCUT2D eigenvalue weighted by molar-refractivity contribution is 5.99. The number of rotatable bonds is 9. The highest BCUT2D eigenvalue weighted by Gasteiger charge is 2.25. The number of halogens is 1. The van der Waals surface area contributed by atoms with E-state index in [4.69, 9.17) is 16.0 Å². The molecule has 0 unspecified atom stereocenters. The van der Waals surface area contributed by atoms with E-state index in [2.05, 4.69) is 10.9 Å². The molecule has 0 atom stereocenters. The van der Waals surface area contributed by atoms with Gasteiger partial charge in [-0.25, -0.2) is 4.39 Å². The zero-order valence-corrected chi connectivity index (χ0v) is 24.5. The van der Waals surface area contributed by atoms with Gasteiger partial charge in [0.1, 0.15) is 17.4 Å². The number of amides is 2. The molecule has 1 aliphatic heterocycles. The summed E-state index contributed by atoms with van der Waals surface area (Å²) in [7, 11) is 1.52. The van der Waals surface area contributed by atoms with Crippen molar-refractivity contribution < 1.29 is 18.7 Å². The highest BCUT2D eigenvalue weighted by atomic mass is 19.1. The van der Waals surface area contributed by atoms with E-state index in [1.807, 2.05) is 40.7 Å². The summed E-state index contributed by atoms with van der Waals surface area (Å²) in [5.41, 5.74) is 7.33. The SMILES string of the molecule is COc1cc2c(cc1C(=O)NC(/C=C\C=C(/C)C(=N)N(NN)C(C)C)=C(C)C)CN(C(=O)c1ccc(F)cc1)CC2. The number of nitrogens with zero attached hydrogens (tertiary/aromatic N) is 2. The van der Waals surface area contributed by atoms with Crippen molar-refractivity contribution >= 4 is 17.6 Å². The van der Waals surface area contributed by atoms with Crippen LogP contribution in [0.25, 0.3) is 0 Å². The molecule has 2 aromatic rings. The van der Waals surface area contributed by atoms with Crippen LogP contribution in [0.2, 0.25) is 0 Å². The average Bonchev–Trinajstić information content (AvgIpc) is 2.95. The molecule has 0 aromatic heterocycles. The van der Waals surface area contributed by atoms with E-state index in [1.165, 1.54) is 31.4 Å². The van der Waals surface area contributed by atoms with E-state index in [0.29, 0.717) is 47.7 Å². The van der Waals surface area contributed by atoms with E-state index in [1.54, 1.807) is 34.2 Å². The summed E-state index contributed by atoms with van der Waals surface area (Å²) >= 11 is 0. The highest BCUT2D eigenvalue weighted by Crippen LogP contribution is 2.29. The van der Waals surface area contributed by atoms with Gasteiger partial charge in [0.15, 0.2) is 0 Å². The molecule has 0 saturated carbocycles. The Hall–Kier alpha value is -4.28. The molecule has 0 bridgehead atoms. The number of hydrogen-bond donors (Lipinski definition) is 4. The number of benzene rings is 2. The van der Waals surface area contributed by atoms with Crippen LogP contribution in [0, 0.1) is 11.2 Å². The third kappa shape index (κ3) is 7.68. The van der Waals surface area contributed by atoms with Gasteiger partial charge in [0.25, 0.3) is 11.8 Å². The minimum absolute atomic E-state index is 0.00725. The normalized spacial score (nSPS) is 13.2. The predicted octanol–water partition coefficient (Wildman–Crippen LogP) is 4.62. The number of hydrazine groups is 2. The van der Waals surface area contributed by atoms with Crippen molar-refractivity contribution in [2.75, 3.05) is 13.7 Å². The van der Waals surface area contributed by atoms with E-state index >= 15 is 0 Å². The first-order valence-corrected chi connectivity index (χ1v) is 13.4. The summed E-state index contributed by atoms with van der Waals surface area (Å²) in [5, 5.41) is 12.9. The number of amidine groups is 1. The van der Waals surface area contributed by atoms with Crippen molar-refractivity contribution in [3.8, 4) is 5.75 Å². The maximum Gasteiger partial charge on any atom is 0.259 e. The maximum absolute atomic E-state index is 13.4. The van der Waals surface area contributed by atoms with Gasteiger partial charge in [-0.2, -0.15) is 5.53 Å². The van der Waals surface area contributed by atoms with Gasteiger partial charge in [0, 0.05) is 30.4 Å². The molecular formula is C31H39FN6O3. The Kier molecular flexibility index (Phi) is 10.6. The standard InChI is InChI=1S/C31H39FN6O3/c1-19(2)27(9-7-8-21(5)29(33)38(36-34)20(3)4)35-30(39)26-16-24-18-37(15-14-23(24)17-28(26)41-6)31(40)22-10-12-25(32)13-11-22/h7-13,16-17,20,33,36H,14-15,18,34H2,1-6H3,(H,35,39)/b9-7-,21-8+,33-29?. The monoisotopic (exact) mass is 562 g/mol. The molecule has 5 N–H and O–H groups in total. The lowest BCUT2D eigenvalue weighted by molar-refractivity contribution is 0.0734. The zero-order chi connectivity index (χ0) is 30.3. The van der Waals surface area contributed by atoms with Crippen LogP contribution in [0.15, 0.2) is 71.5 Å². The number of hydrogen-bond acceptors (Lipinski definition) is 6. The van der Waals surface area contributed by atoms with E-state index in [-0.39, 0.29) is 23.7 Å². The Bertz CT molecular complexity index is 1390. The Morgan fingerprint density at radius 2 is 1.83 bits per heavy atom. The minimum atomic E-state index is -0.397. The first kappa shape index (κ1) is 31.3. The quantitative estimate of drug-likeness (QED) is 0.116. The van der Waals surface area contributed by atoms with Gasteiger partial charge >= 0.3 is 0 Å². The first-order chi connectivity index (χ1) is 19.5. The lowest BCUT2D eigenvalue weighted by atomic mass is 9.95. The molecule has 0 aliphatic carbocycles. The van der Waals surface area contributed by atoms with Crippen molar-refractivity contribution in [2.24, 2.45) is 5.84 Å². The second-order valence-electron chi connectivity index (χ2n) is 10.3. The molecule has 10 heteroatoms. The molecule has 0 saturated heterocycles. The number of fused-ring (bicyclic) bond motifs is 1. The molecule has 41 heavy (non-hydrogen) atoms. The number of ether oxygens (including phenoxy) is 1. The smallest absolute Gasteiger partial charge is 0.259 e. The summed E-state index contributed by atoms with van der Waals surface area (Å²) in [6, 6.07) is 9.11. The Morgan fingerprint density at radius 3 is 2.41 bits per heavy atom. The number of carbonyl (C=O) groups is 2. The van der Waals surface area contributed by atoms with E-state index in [9.17, 15) is 14.0 Å². The molecule has 2 amide bonds. The molecule has 2 aromatic carbocycles. The number of carbonyl (C=O) groups excluding carboxylic acids is 2. The molecule has 0 spiro atoms. The van der Waals surface area contributed by atoms with Crippen LogP contribution in [-0.2, 0) is 13.0 Å². The van der Waals surface area contributed by atoms with Crippen LogP contribution in [0.4, 0.5) is 4.39 Å². The lowest BCUT2D eigenvalue weighted by Gasteiger charge is -2.30. The Morgan fingerprint density at radius 1 is 1.15 bits per heavy atom. The molecule has 9 nitrogen and oxygen atoms in total.